The number of rotatable bonds is 3. The van der Waals surface area contributed by atoms with Crippen LogP contribution < -0.4 is 5.73 Å². The van der Waals surface area contributed by atoms with Gasteiger partial charge in [0, 0.05) is 29.4 Å². The molecule has 1 atom stereocenters. The van der Waals surface area contributed by atoms with Crippen molar-refractivity contribution in [2.24, 2.45) is 11.7 Å². The van der Waals surface area contributed by atoms with E-state index in [0.29, 0.717) is 11.5 Å². The van der Waals surface area contributed by atoms with Crippen LogP contribution in [0, 0.1) is 17.2 Å². The van der Waals surface area contributed by atoms with Gasteiger partial charge in [0.2, 0.25) is 0 Å². The SMILES string of the molecule is N#Cc1cc(C(N)C2CCCCC2)nc2c(-c3ccncc3)cccc12. The van der Waals surface area contributed by atoms with Gasteiger partial charge in [0.1, 0.15) is 0 Å². The summed E-state index contributed by atoms with van der Waals surface area (Å²) in [5, 5.41) is 10.6. The number of nitriles is 1. The van der Waals surface area contributed by atoms with Gasteiger partial charge in [0.25, 0.3) is 0 Å². The smallest absolute Gasteiger partial charge is 0.0999 e. The molecule has 1 aliphatic carbocycles. The minimum atomic E-state index is -0.114. The molecule has 0 bridgehead atoms. The van der Waals surface area contributed by atoms with E-state index in [1.807, 2.05) is 36.4 Å². The first-order valence-electron chi connectivity index (χ1n) is 9.27. The van der Waals surface area contributed by atoms with Crippen LogP contribution >= 0.6 is 0 Å². The molecule has 0 saturated heterocycles. The van der Waals surface area contributed by atoms with Crippen molar-refractivity contribution in [1.82, 2.24) is 9.97 Å². The van der Waals surface area contributed by atoms with Crippen LogP contribution in [0.25, 0.3) is 22.0 Å². The highest BCUT2D eigenvalue weighted by Gasteiger charge is 2.24. The van der Waals surface area contributed by atoms with Crippen LogP contribution in [-0.4, -0.2) is 9.97 Å². The molecule has 2 heterocycles. The lowest BCUT2D eigenvalue weighted by Crippen LogP contribution is -2.24. The number of benzene rings is 1. The van der Waals surface area contributed by atoms with Crippen LogP contribution in [0.4, 0.5) is 0 Å². The summed E-state index contributed by atoms with van der Waals surface area (Å²) in [6.07, 6.45) is 9.61. The van der Waals surface area contributed by atoms with Crippen LogP contribution in [0.15, 0.2) is 48.8 Å². The summed E-state index contributed by atoms with van der Waals surface area (Å²) in [4.78, 5) is 9.04. The highest BCUT2D eigenvalue weighted by Crippen LogP contribution is 2.35. The number of fused-ring (bicyclic) bond motifs is 1. The number of aromatic nitrogens is 2. The lowest BCUT2D eigenvalue weighted by atomic mass is 9.82. The fourth-order valence-electron chi connectivity index (χ4n) is 4.03. The normalized spacial score (nSPS) is 16.3. The molecule has 4 nitrogen and oxygen atoms in total. The zero-order valence-electron chi connectivity index (χ0n) is 14.7. The van der Waals surface area contributed by atoms with E-state index in [4.69, 9.17) is 10.7 Å². The second-order valence-electron chi connectivity index (χ2n) is 7.07. The Kier molecular flexibility index (Phi) is 4.64. The quantitative estimate of drug-likeness (QED) is 0.745. The molecule has 3 aromatic rings. The van der Waals surface area contributed by atoms with Crippen LogP contribution in [0.2, 0.25) is 0 Å². The molecule has 1 unspecified atom stereocenters. The van der Waals surface area contributed by atoms with E-state index in [1.54, 1.807) is 12.4 Å². The third-order valence-electron chi connectivity index (χ3n) is 5.47. The first-order valence-corrected chi connectivity index (χ1v) is 9.27. The maximum absolute atomic E-state index is 9.69. The topological polar surface area (TPSA) is 75.6 Å². The second-order valence-corrected chi connectivity index (χ2v) is 7.07. The first kappa shape index (κ1) is 16.7. The van der Waals surface area contributed by atoms with Gasteiger partial charge in [-0.05, 0) is 42.5 Å². The van der Waals surface area contributed by atoms with E-state index in [9.17, 15) is 5.26 Å². The van der Waals surface area contributed by atoms with Crippen molar-refractivity contribution in [3.05, 3.63) is 60.0 Å². The van der Waals surface area contributed by atoms with Gasteiger partial charge in [-0.25, -0.2) is 0 Å². The fraction of sp³-hybridized carbons (Fsp3) is 0.318. The van der Waals surface area contributed by atoms with Crippen molar-refractivity contribution in [3.8, 4) is 17.2 Å². The predicted octanol–water partition coefficient (Wildman–Crippen LogP) is 4.75. The molecule has 0 amide bonds. The monoisotopic (exact) mass is 342 g/mol. The van der Waals surface area contributed by atoms with Gasteiger partial charge >= 0.3 is 0 Å². The van der Waals surface area contributed by atoms with Crippen LogP contribution in [0.5, 0.6) is 0 Å². The van der Waals surface area contributed by atoms with Crippen molar-refractivity contribution < 1.29 is 0 Å². The molecule has 2 N–H and O–H groups in total. The summed E-state index contributed by atoms with van der Waals surface area (Å²) >= 11 is 0. The lowest BCUT2D eigenvalue weighted by molar-refractivity contribution is 0.305. The Hall–Kier alpha value is -2.77. The molecule has 0 spiro atoms. The Bertz CT molecular complexity index is 953. The fourth-order valence-corrected chi connectivity index (χ4v) is 4.03. The van der Waals surface area contributed by atoms with Crippen LogP contribution in [0.3, 0.4) is 0 Å². The minimum absolute atomic E-state index is 0.114. The molecule has 4 heteroatoms. The number of nitrogens with two attached hydrogens (primary N) is 1. The maximum atomic E-state index is 9.69. The molecule has 2 aromatic heterocycles. The summed E-state index contributed by atoms with van der Waals surface area (Å²) in [6.45, 7) is 0. The van der Waals surface area contributed by atoms with E-state index in [0.717, 1.165) is 40.6 Å². The van der Waals surface area contributed by atoms with Crippen LogP contribution in [-0.2, 0) is 0 Å². The molecular weight excluding hydrogens is 320 g/mol. The number of pyridine rings is 2. The van der Waals surface area contributed by atoms with Gasteiger partial charge in [-0.2, -0.15) is 5.26 Å². The average Bonchev–Trinajstić information content (AvgIpc) is 2.73. The van der Waals surface area contributed by atoms with Gasteiger partial charge in [0.15, 0.2) is 0 Å². The van der Waals surface area contributed by atoms with Gasteiger partial charge in [-0.1, -0.05) is 37.5 Å². The van der Waals surface area contributed by atoms with Gasteiger partial charge in [-0.15, -0.1) is 0 Å². The maximum Gasteiger partial charge on any atom is 0.0999 e. The highest BCUT2D eigenvalue weighted by molar-refractivity contribution is 5.96. The van der Waals surface area contributed by atoms with Crippen molar-refractivity contribution in [2.45, 2.75) is 38.1 Å². The molecule has 0 radical (unpaired) electrons. The van der Waals surface area contributed by atoms with Crippen molar-refractivity contribution in [3.63, 3.8) is 0 Å². The highest BCUT2D eigenvalue weighted by atomic mass is 14.8. The van der Waals surface area contributed by atoms with E-state index < -0.39 is 0 Å². The number of hydrogen-bond acceptors (Lipinski definition) is 4. The number of hydrogen-bond donors (Lipinski definition) is 1. The zero-order chi connectivity index (χ0) is 17.9. The van der Waals surface area contributed by atoms with Crippen molar-refractivity contribution in [1.29, 1.82) is 5.26 Å². The number of para-hydroxylation sites is 1. The van der Waals surface area contributed by atoms with Crippen LogP contribution in [0.1, 0.15) is 49.4 Å². The molecule has 1 saturated carbocycles. The average molecular weight is 342 g/mol. The Morgan fingerprint density at radius 3 is 2.58 bits per heavy atom. The molecule has 1 aliphatic rings. The van der Waals surface area contributed by atoms with E-state index >= 15 is 0 Å². The summed E-state index contributed by atoms with van der Waals surface area (Å²) in [7, 11) is 0. The standard InChI is InChI=1S/C22H22N4/c23-14-17-13-20(21(24)16-5-2-1-3-6-16)26-22-18(7-4-8-19(17)22)15-9-11-25-12-10-15/h4,7-13,16,21H,1-3,5-6,24H2. The van der Waals surface area contributed by atoms with Crippen molar-refractivity contribution >= 4 is 10.9 Å². The third kappa shape index (κ3) is 3.07. The van der Waals surface area contributed by atoms with Gasteiger partial charge < -0.3 is 5.73 Å². The Labute approximate surface area is 153 Å². The largest absolute Gasteiger partial charge is 0.322 e. The Morgan fingerprint density at radius 1 is 1.08 bits per heavy atom. The molecule has 1 fully saturated rings. The number of nitrogens with zero attached hydrogens (tertiary/aromatic N) is 3. The molecule has 130 valence electrons. The summed E-state index contributed by atoms with van der Waals surface area (Å²) in [6, 6.07) is 14.0. The summed E-state index contributed by atoms with van der Waals surface area (Å²) < 4.78 is 0. The third-order valence-corrected chi connectivity index (χ3v) is 5.47. The van der Waals surface area contributed by atoms with E-state index in [2.05, 4.69) is 11.1 Å². The lowest BCUT2D eigenvalue weighted by Gasteiger charge is -2.27. The molecular formula is C22H22N4. The summed E-state index contributed by atoms with van der Waals surface area (Å²) in [5.74, 6) is 0.452. The Balaban J connectivity index is 1.87. The van der Waals surface area contributed by atoms with Gasteiger partial charge in [-0.3, -0.25) is 9.97 Å². The van der Waals surface area contributed by atoms with E-state index in [1.165, 1.54) is 19.3 Å². The minimum Gasteiger partial charge on any atom is -0.322 e. The zero-order valence-corrected chi connectivity index (χ0v) is 14.7. The molecule has 4 rings (SSSR count). The van der Waals surface area contributed by atoms with E-state index in [-0.39, 0.29) is 6.04 Å². The Morgan fingerprint density at radius 2 is 1.85 bits per heavy atom. The second kappa shape index (κ2) is 7.23. The molecule has 0 aliphatic heterocycles. The first-order chi connectivity index (χ1) is 12.8. The molecule has 26 heavy (non-hydrogen) atoms. The summed E-state index contributed by atoms with van der Waals surface area (Å²) in [5.41, 5.74) is 11.0. The molecule has 1 aromatic carbocycles. The van der Waals surface area contributed by atoms with Crippen molar-refractivity contribution in [2.75, 3.05) is 0 Å². The van der Waals surface area contributed by atoms with Gasteiger partial charge in [0.05, 0.1) is 22.8 Å². The predicted molar refractivity (Wildman–Crippen MR) is 103 cm³/mol.